The Morgan fingerprint density at radius 3 is 2.92 bits per heavy atom. The standard InChI is InChI=1S/C19H22BrN3O2/c1-13(25-18-9-5-3-7-15(18)20)12-22-19(21)23-16-10-11-24-17-8-4-2-6-14(16)17/h2-9,13,16H,10-12H2,1H3,(H3,21,22,23). The maximum absolute atomic E-state index is 6.07. The zero-order valence-corrected chi connectivity index (χ0v) is 15.7. The summed E-state index contributed by atoms with van der Waals surface area (Å²) in [5, 5.41) is 3.29. The van der Waals surface area contributed by atoms with Crippen molar-refractivity contribution in [2.75, 3.05) is 13.2 Å². The van der Waals surface area contributed by atoms with Crippen LogP contribution in [0.25, 0.3) is 0 Å². The molecule has 0 aromatic heterocycles. The van der Waals surface area contributed by atoms with Crippen LogP contribution >= 0.6 is 15.9 Å². The first-order chi connectivity index (χ1) is 12.1. The number of nitrogens with one attached hydrogen (secondary N) is 1. The van der Waals surface area contributed by atoms with Gasteiger partial charge < -0.3 is 20.5 Å². The maximum Gasteiger partial charge on any atom is 0.189 e. The minimum Gasteiger partial charge on any atom is -0.493 e. The van der Waals surface area contributed by atoms with Gasteiger partial charge in [0.25, 0.3) is 0 Å². The topological polar surface area (TPSA) is 68.9 Å². The molecule has 6 heteroatoms. The number of benzene rings is 2. The molecule has 5 nitrogen and oxygen atoms in total. The Bertz CT molecular complexity index is 751. The van der Waals surface area contributed by atoms with Crippen LogP contribution in [0.4, 0.5) is 0 Å². The lowest BCUT2D eigenvalue weighted by Gasteiger charge is -2.27. The number of aliphatic imine (C=N–C) groups is 1. The van der Waals surface area contributed by atoms with Crippen LogP contribution in [0.2, 0.25) is 0 Å². The Balaban J connectivity index is 1.57. The van der Waals surface area contributed by atoms with E-state index in [1.165, 1.54) is 0 Å². The van der Waals surface area contributed by atoms with Gasteiger partial charge in [0.1, 0.15) is 17.6 Å². The monoisotopic (exact) mass is 403 g/mol. The second-order valence-electron chi connectivity index (χ2n) is 5.96. The van der Waals surface area contributed by atoms with Crippen molar-refractivity contribution in [2.24, 2.45) is 10.7 Å². The highest BCUT2D eigenvalue weighted by atomic mass is 79.9. The molecule has 0 saturated heterocycles. The number of rotatable bonds is 5. The van der Waals surface area contributed by atoms with Crippen molar-refractivity contribution in [2.45, 2.75) is 25.5 Å². The number of para-hydroxylation sites is 2. The molecule has 25 heavy (non-hydrogen) atoms. The van der Waals surface area contributed by atoms with Crippen molar-refractivity contribution in [3.8, 4) is 11.5 Å². The first-order valence-corrected chi connectivity index (χ1v) is 9.12. The van der Waals surface area contributed by atoms with Gasteiger partial charge in [-0.1, -0.05) is 30.3 Å². The number of nitrogens with zero attached hydrogens (tertiary/aromatic N) is 1. The number of hydrogen-bond donors (Lipinski definition) is 2. The third-order valence-electron chi connectivity index (χ3n) is 3.96. The number of nitrogens with two attached hydrogens (primary N) is 1. The molecule has 3 rings (SSSR count). The van der Waals surface area contributed by atoms with E-state index in [2.05, 4.69) is 32.3 Å². The Morgan fingerprint density at radius 2 is 2.08 bits per heavy atom. The molecule has 3 N–H and O–H groups in total. The van der Waals surface area contributed by atoms with Crippen LogP contribution < -0.4 is 20.5 Å². The Labute approximate surface area is 156 Å². The molecule has 1 aliphatic heterocycles. The van der Waals surface area contributed by atoms with Crippen LogP contribution in [-0.4, -0.2) is 25.2 Å². The molecule has 0 radical (unpaired) electrons. The number of guanidine groups is 1. The lowest BCUT2D eigenvalue weighted by Crippen LogP contribution is -2.38. The van der Waals surface area contributed by atoms with Crippen LogP contribution in [0.1, 0.15) is 24.9 Å². The van der Waals surface area contributed by atoms with Crippen molar-refractivity contribution in [1.82, 2.24) is 5.32 Å². The molecule has 2 aromatic rings. The number of halogens is 1. The molecule has 0 aliphatic carbocycles. The first-order valence-electron chi connectivity index (χ1n) is 8.33. The summed E-state index contributed by atoms with van der Waals surface area (Å²) in [5.74, 6) is 2.13. The summed E-state index contributed by atoms with van der Waals surface area (Å²) in [6, 6.07) is 15.9. The first kappa shape index (κ1) is 17.6. The van der Waals surface area contributed by atoms with Gasteiger partial charge in [-0.25, -0.2) is 4.99 Å². The molecular formula is C19H22BrN3O2. The van der Waals surface area contributed by atoms with E-state index in [4.69, 9.17) is 15.2 Å². The van der Waals surface area contributed by atoms with Crippen LogP contribution in [0.3, 0.4) is 0 Å². The van der Waals surface area contributed by atoms with E-state index < -0.39 is 0 Å². The molecular weight excluding hydrogens is 382 g/mol. The number of ether oxygens (including phenoxy) is 2. The fourth-order valence-corrected chi connectivity index (χ4v) is 3.12. The SMILES string of the molecule is CC(CN=C(N)NC1CCOc2ccccc21)Oc1ccccc1Br. The normalized spacial score (nSPS) is 18.0. The van der Waals surface area contributed by atoms with Crippen molar-refractivity contribution in [3.63, 3.8) is 0 Å². The summed E-state index contributed by atoms with van der Waals surface area (Å²) in [7, 11) is 0. The average molecular weight is 404 g/mol. The zero-order chi connectivity index (χ0) is 17.6. The van der Waals surface area contributed by atoms with Crippen molar-refractivity contribution in [1.29, 1.82) is 0 Å². The van der Waals surface area contributed by atoms with Gasteiger partial charge in [0.05, 0.1) is 23.7 Å². The molecule has 0 saturated carbocycles. The van der Waals surface area contributed by atoms with E-state index in [0.29, 0.717) is 19.1 Å². The van der Waals surface area contributed by atoms with Gasteiger partial charge in [-0.15, -0.1) is 0 Å². The van der Waals surface area contributed by atoms with Crippen molar-refractivity contribution < 1.29 is 9.47 Å². The van der Waals surface area contributed by atoms with Gasteiger partial charge >= 0.3 is 0 Å². The van der Waals surface area contributed by atoms with E-state index in [-0.39, 0.29) is 12.1 Å². The second-order valence-corrected chi connectivity index (χ2v) is 6.81. The third kappa shape index (κ3) is 4.66. The fraction of sp³-hybridized carbons (Fsp3) is 0.316. The van der Waals surface area contributed by atoms with Crippen LogP contribution in [0, 0.1) is 0 Å². The van der Waals surface area contributed by atoms with Gasteiger partial charge in [-0.05, 0) is 41.1 Å². The van der Waals surface area contributed by atoms with E-state index >= 15 is 0 Å². The molecule has 2 atom stereocenters. The van der Waals surface area contributed by atoms with E-state index in [1.54, 1.807) is 0 Å². The van der Waals surface area contributed by atoms with E-state index in [1.807, 2.05) is 49.4 Å². The van der Waals surface area contributed by atoms with Gasteiger partial charge in [0, 0.05) is 12.0 Å². The van der Waals surface area contributed by atoms with Crippen LogP contribution in [0.15, 0.2) is 58.0 Å². The molecule has 2 aromatic carbocycles. The second kappa shape index (κ2) is 8.25. The Hall–Kier alpha value is -2.21. The molecule has 0 spiro atoms. The minimum atomic E-state index is -0.0824. The van der Waals surface area contributed by atoms with Crippen molar-refractivity contribution in [3.05, 3.63) is 58.6 Å². The largest absolute Gasteiger partial charge is 0.493 e. The predicted octanol–water partition coefficient (Wildman–Crippen LogP) is 3.64. The number of hydrogen-bond acceptors (Lipinski definition) is 3. The summed E-state index contributed by atoms with van der Waals surface area (Å²) in [6.07, 6.45) is 0.775. The van der Waals surface area contributed by atoms with Gasteiger partial charge in [0.2, 0.25) is 0 Å². The van der Waals surface area contributed by atoms with Gasteiger partial charge in [0.15, 0.2) is 5.96 Å². The lowest BCUT2D eigenvalue weighted by molar-refractivity contribution is 0.228. The molecule has 1 aliphatic rings. The Morgan fingerprint density at radius 1 is 1.32 bits per heavy atom. The molecule has 0 amide bonds. The number of fused-ring (bicyclic) bond motifs is 1. The van der Waals surface area contributed by atoms with Gasteiger partial charge in [-0.2, -0.15) is 0 Å². The molecule has 1 heterocycles. The fourth-order valence-electron chi connectivity index (χ4n) is 2.74. The van der Waals surface area contributed by atoms with Gasteiger partial charge in [-0.3, -0.25) is 0 Å². The highest BCUT2D eigenvalue weighted by Crippen LogP contribution is 2.31. The quantitative estimate of drug-likeness (QED) is 0.590. The summed E-state index contributed by atoms with van der Waals surface area (Å²) in [5.41, 5.74) is 7.18. The summed E-state index contributed by atoms with van der Waals surface area (Å²) < 4.78 is 12.5. The summed E-state index contributed by atoms with van der Waals surface area (Å²) in [6.45, 7) is 3.12. The minimum absolute atomic E-state index is 0.0824. The van der Waals surface area contributed by atoms with Crippen LogP contribution in [-0.2, 0) is 0 Å². The average Bonchev–Trinajstić information content (AvgIpc) is 2.62. The highest BCUT2D eigenvalue weighted by molar-refractivity contribution is 9.10. The molecule has 0 fully saturated rings. The third-order valence-corrected chi connectivity index (χ3v) is 4.62. The smallest absolute Gasteiger partial charge is 0.189 e. The lowest BCUT2D eigenvalue weighted by atomic mass is 10.0. The summed E-state index contributed by atoms with van der Waals surface area (Å²) >= 11 is 3.48. The van der Waals surface area contributed by atoms with E-state index in [9.17, 15) is 0 Å². The van der Waals surface area contributed by atoms with Crippen LogP contribution in [0.5, 0.6) is 11.5 Å². The van der Waals surface area contributed by atoms with Crippen molar-refractivity contribution >= 4 is 21.9 Å². The highest BCUT2D eigenvalue weighted by Gasteiger charge is 2.21. The predicted molar refractivity (Wildman–Crippen MR) is 103 cm³/mol. The molecule has 132 valence electrons. The summed E-state index contributed by atoms with van der Waals surface area (Å²) in [4.78, 5) is 4.42. The maximum atomic E-state index is 6.07. The van der Waals surface area contributed by atoms with E-state index in [0.717, 1.165) is 28.0 Å². The zero-order valence-electron chi connectivity index (χ0n) is 14.1. The molecule has 2 unspecified atom stereocenters. The Kier molecular flexibility index (Phi) is 5.81. The molecule has 0 bridgehead atoms.